The lowest BCUT2D eigenvalue weighted by Crippen LogP contribution is -2.12. The monoisotopic (exact) mass is 852 g/mol. The zero-order valence-corrected chi connectivity index (χ0v) is 36.4. The average Bonchev–Trinajstić information content (AvgIpc) is 3.93. The van der Waals surface area contributed by atoms with Gasteiger partial charge in [-0.2, -0.15) is 0 Å². The third kappa shape index (κ3) is 6.90. The number of nitrogens with zero attached hydrogens (tertiary/aromatic N) is 2. The van der Waals surface area contributed by atoms with Gasteiger partial charge in [-0.25, -0.2) is 0 Å². The van der Waals surface area contributed by atoms with Crippen molar-refractivity contribution in [2.45, 2.75) is 0 Å². The molecule has 64 heavy (non-hydrogen) atoms. The maximum Gasteiger partial charge on any atom is 0.0540 e. The lowest BCUT2D eigenvalue weighted by atomic mass is 9.99. The Morgan fingerprint density at radius 3 is 1.22 bits per heavy atom. The van der Waals surface area contributed by atoms with Crippen LogP contribution >= 0.6 is 22.7 Å². The molecule has 10 aromatic carbocycles. The van der Waals surface area contributed by atoms with E-state index in [-0.39, 0.29) is 0 Å². The van der Waals surface area contributed by atoms with Gasteiger partial charge in [0, 0.05) is 74.3 Å². The fraction of sp³-hybridized carbons (Fsp3) is 0. The summed E-state index contributed by atoms with van der Waals surface area (Å²) in [5, 5.41) is 5.18. The van der Waals surface area contributed by atoms with Gasteiger partial charge in [0.1, 0.15) is 0 Å². The van der Waals surface area contributed by atoms with E-state index in [1.807, 2.05) is 22.7 Å². The summed E-state index contributed by atoms with van der Waals surface area (Å²) >= 11 is 3.71. The van der Waals surface area contributed by atoms with Gasteiger partial charge in [0.05, 0.1) is 5.69 Å². The molecule has 12 rings (SSSR count). The molecule has 0 unspecified atom stereocenters. The normalized spacial score (nSPS) is 11.4. The van der Waals surface area contributed by atoms with Crippen molar-refractivity contribution in [1.82, 2.24) is 0 Å². The topological polar surface area (TPSA) is 6.48 Å². The van der Waals surface area contributed by atoms with E-state index in [1.54, 1.807) is 0 Å². The van der Waals surface area contributed by atoms with Crippen LogP contribution in [0.15, 0.2) is 243 Å². The lowest BCUT2D eigenvalue weighted by molar-refractivity contribution is 1.28. The Balaban J connectivity index is 1.00. The highest BCUT2D eigenvalue weighted by molar-refractivity contribution is 7.26. The van der Waals surface area contributed by atoms with Gasteiger partial charge in [0.25, 0.3) is 0 Å². The molecule has 0 aliphatic carbocycles. The summed E-state index contributed by atoms with van der Waals surface area (Å²) in [4.78, 5) is 4.83. The van der Waals surface area contributed by atoms with Gasteiger partial charge in [0.2, 0.25) is 0 Å². The van der Waals surface area contributed by atoms with Gasteiger partial charge < -0.3 is 9.80 Å². The van der Waals surface area contributed by atoms with E-state index in [2.05, 4.69) is 252 Å². The Labute approximate surface area is 380 Å². The van der Waals surface area contributed by atoms with Crippen molar-refractivity contribution in [3.05, 3.63) is 243 Å². The van der Waals surface area contributed by atoms with E-state index in [4.69, 9.17) is 0 Å². The fourth-order valence-electron chi connectivity index (χ4n) is 9.17. The van der Waals surface area contributed by atoms with Crippen LogP contribution in [0, 0.1) is 0 Å². The molecule has 0 amide bonds. The number of fused-ring (bicyclic) bond motifs is 6. The minimum Gasteiger partial charge on any atom is -0.310 e. The Hall–Kier alpha value is -7.76. The van der Waals surface area contributed by atoms with Crippen molar-refractivity contribution in [3.63, 3.8) is 0 Å². The predicted octanol–water partition coefficient (Wildman–Crippen LogP) is 18.4. The van der Waals surface area contributed by atoms with Crippen molar-refractivity contribution in [1.29, 1.82) is 0 Å². The number of anilines is 6. The highest BCUT2D eigenvalue weighted by Crippen LogP contribution is 2.46. The molecular weight excluding hydrogens is 813 g/mol. The third-order valence-electron chi connectivity index (χ3n) is 12.3. The quantitative estimate of drug-likeness (QED) is 0.143. The van der Waals surface area contributed by atoms with Crippen LogP contribution in [0.2, 0.25) is 0 Å². The van der Waals surface area contributed by atoms with Gasteiger partial charge in [-0.05, 0) is 107 Å². The van der Waals surface area contributed by atoms with Crippen molar-refractivity contribution >= 4 is 97.1 Å². The summed E-state index contributed by atoms with van der Waals surface area (Å²) in [6.45, 7) is 0. The predicted molar refractivity (Wildman–Crippen MR) is 278 cm³/mol. The Kier molecular flexibility index (Phi) is 9.59. The van der Waals surface area contributed by atoms with E-state index in [9.17, 15) is 0 Å². The number of benzene rings is 10. The molecule has 2 aromatic heterocycles. The Bertz CT molecular complexity index is 3610. The van der Waals surface area contributed by atoms with Crippen molar-refractivity contribution < 1.29 is 0 Å². The number of thiophene rings is 2. The molecule has 12 aromatic rings. The van der Waals surface area contributed by atoms with Crippen molar-refractivity contribution in [2.75, 3.05) is 9.80 Å². The van der Waals surface area contributed by atoms with Crippen LogP contribution in [0.1, 0.15) is 0 Å². The zero-order chi connectivity index (χ0) is 42.4. The summed E-state index contributed by atoms with van der Waals surface area (Å²) in [5.41, 5.74) is 13.7. The molecule has 0 atom stereocenters. The first-order valence-corrected chi connectivity index (χ1v) is 23.3. The maximum atomic E-state index is 2.43. The van der Waals surface area contributed by atoms with Crippen LogP contribution in [-0.4, -0.2) is 0 Å². The second kappa shape index (κ2) is 16.2. The molecule has 0 N–H and O–H groups in total. The van der Waals surface area contributed by atoms with E-state index >= 15 is 0 Å². The number of rotatable bonds is 9. The van der Waals surface area contributed by atoms with Crippen LogP contribution in [0.4, 0.5) is 34.1 Å². The van der Waals surface area contributed by atoms with Crippen LogP contribution in [0.25, 0.3) is 73.7 Å². The molecule has 0 saturated heterocycles. The number of hydrogen-bond donors (Lipinski definition) is 0. The Morgan fingerprint density at radius 1 is 0.234 bits per heavy atom. The van der Waals surface area contributed by atoms with Gasteiger partial charge >= 0.3 is 0 Å². The minimum absolute atomic E-state index is 1.09. The van der Waals surface area contributed by atoms with E-state index in [0.29, 0.717) is 0 Å². The van der Waals surface area contributed by atoms with Gasteiger partial charge in [-0.1, -0.05) is 164 Å². The SMILES string of the molecule is c1ccc(-c2ccc(N(c3cccc(-c4ccccc4N(c4ccc(-c5ccccc5)cc4)c4ccc5c(c4)sc4ccccc45)c3)c3ccc4c(c3)sc3ccccc34)cc2)cc1. The molecule has 2 nitrogen and oxygen atoms in total. The van der Waals surface area contributed by atoms with Crippen LogP contribution in [0.3, 0.4) is 0 Å². The van der Waals surface area contributed by atoms with E-state index in [0.717, 1.165) is 45.3 Å². The molecule has 0 bridgehead atoms. The molecule has 4 heteroatoms. The van der Waals surface area contributed by atoms with Crippen molar-refractivity contribution in [3.8, 4) is 33.4 Å². The summed E-state index contributed by atoms with van der Waals surface area (Å²) in [6.07, 6.45) is 0. The maximum absolute atomic E-state index is 2.43. The molecule has 0 fully saturated rings. The zero-order valence-electron chi connectivity index (χ0n) is 34.8. The van der Waals surface area contributed by atoms with Gasteiger partial charge in [0.15, 0.2) is 0 Å². The Morgan fingerprint density at radius 2 is 0.641 bits per heavy atom. The first-order chi connectivity index (χ1) is 31.7. The second-order valence-electron chi connectivity index (χ2n) is 16.1. The highest BCUT2D eigenvalue weighted by atomic mass is 32.1. The molecule has 0 saturated carbocycles. The van der Waals surface area contributed by atoms with Crippen LogP contribution in [-0.2, 0) is 0 Å². The van der Waals surface area contributed by atoms with Crippen LogP contribution < -0.4 is 9.80 Å². The van der Waals surface area contributed by atoms with E-state index < -0.39 is 0 Å². The van der Waals surface area contributed by atoms with Gasteiger partial charge in [-0.15, -0.1) is 22.7 Å². The highest BCUT2D eigenvalue weighted by Gasteiger charge is 2.21. The van der Waals surface area contributed by atoms with Crippen LogP contribution in [0.5, 0.6) is 0 Å². The fourth-order valence-corrected chi connectivity index (χ4v) is 11.5. The third-order valence-corrected chi connectivity index (χ3v) is 14.5. The second-order valence-corrected chi connectivity index (χ2v) is 18.3. The summed E-state index contributed by atoms with van der Waals surface area (Å²) in [6, 6.07) is 88.4. The number of hydrogen-bond acceptors (Lipinski definition) is 4. The average molecular weight is 853 g/mol. The minimum atomic E-state index is 1.09. The summed E-state index contributed by atoms with van der Waals surface area (Å²) in [5.74, 6) is 0. The van der Waals surface area contributed by atoms with E-state index in [1.165, 1.54) is 62.6 Å². The molecule has 2 heterocycles. The molecule has 0 aliphatic heterocycles. The standard InChI is InChI=1S/C60H40N2S2/c1-3-14-41(15-4-1)43-26-30-46(31-27-43)61(49-34-36-54-52-21-8-11-24-57(52)63-59(54)39-49)48-19-13-18-45(38-48)51-20-7-10-23-56(51)62(47-32-28-44(29-33-47)42-16-5-2-6-17-42)50-35-37-55-53-22-9-12-25-58(53)64-60(55)40-50/h1-40H. The molecular formula is C60H40N2S2. The molecule has 302 valence electrons. The molecule has 0 radical (unpaired) electrons. The first kappa shape index (κ1) is 38.0. The largest absolute Gasteiger partial charge is 0.310 e. The number of para-hydroxylation sites is 1. The smallest absolute Gasteiger partial charge is 0.0540 e. The van der Waals surface area contributed by atoms with Crippen molar-refractivity contribution in [2.24, 2.45) is 0 Å². The first-order valence-electron chi connectivity index (χ1n) is 21.7. The molecule has 0 spiro atoms. The summed E-state index contributed by atoms with van der Waals surface area (Å²) in [7, 11) is 0. The van der Waals surface area contributed by atoms with Gasteiger partial charge in [-0.3, -0.25) is 0 Å². The lowest BCUT2D eigenvalue weighted by Gasteiger charge is -2.29. The summed E-state index contributed by atoms with van der Waals surface area (Å²) < 4.78 is 5.15. The molecule has 0 aliphatic rings.